The Morgan fingerprint density at radius 3 is 2.95 bits per heavy atom. The van der Waals surface area contributed by atoms with Crippen LogP contribution in [0.4, 0.5) is 0 Å². The number of hydrogen-bond acceptors (Lipinski definition) is 4. The fourth-order valence-corrected chi connectivity index (χ4v) is 3.73. The van der Waals surface area contributed by atoms with Gasteiger partial charge in [0.2, 0.25) is 0 Å². The molecule has 114 valence electrons. The van der Waals surface area contributed by atoms with Crippen LogP contribution in [0.3, 0.4) is 0 Å². The average molecular weight is 296 g/mol. The molecule has 20 heavy (non-hydrogen) atoms. The first-order valence-corrected chi connectivity index (χ1v) is 8.50. The molecule has 1 aliphatic rings. The van der Waals surface area contributed by atoms with Crippen LogP contribution < -0.4 is 5.32 Å². The van der Waals surface area contributed by atoms with E-state index < -0.39 is 0 Å². The minimum absolute atomic E-state index is 0.272. The van der Waals surface area contributed by atoms with Gasteiger partial charge < -0.3 is 15.0 Å². The molecular weight excluding hydrogens is 268 g/mol. The molecule has 1 N–H and O–H groups in total. The number of thiophene rings is 1. The number of nitrogens with one attached hydrogen (secondary N) is 1. The third-order valence-electron chi connectivity index (χ3n) is 3.90. The smallest absolute Gasteiger partial charge is 0.0546 e. The fourth-order valence-electron chi connectivity index (χ4n) is 2.95. The summed E-state index contributed by atoms with van der Waals surface area (Å²) in [4.78, 5) is 3.89. The van der Waals surface area contributed by atoms with Gasteiger partial charge in [0.1, 0.15) is 0 Å². The molecule has 0 aliphatic carbocycles. The Balaban J connectivity index is 1.92. The number of ether oxygens (including phenoxy) is 1. The van der Waals surface area contributed by atoms with Gasteiger partial charge in [-0.3, -0.25) is 0 Å². The van der Waals surface area contributed by atoms with Crippen molar-refractivity contribution in [1.29, 1.82) is 0 Å². The van der Waals surface area contributed by atoms with E-state index in [-0.39, 0.29) is 5.41 Å². The first-order valence-electron chi connectivity index (χ1n) is 7.62. The molecule has 3 nitrogen and oxygen atoms in total. The van der Waals surface area contributed by atoms with Gasteiger partial charge in [0.25, 0.3) is 0 Å². The van der Waals surface area contributed by atoms with E-state index in [1.54, 1.807) is 0 Å². The van der Waals surface area contributed by atoms with Crippen LogP contribution in [-0.2, 0) is 11.3 Å². The molecule has 4 heteroatoms. The van der Waals surface area contributed by atoms with Crippen molar-refractivity contribution >= 4 is 11.3 Å². The summed E-state index contributed by atoms with van der Waals surface area (Å²) in [6.45, 7) is 9.45. The predicted molar refractivity (Wildman–Crippen MR) is 86.3 cm³/mol. The molecular formula is C16H28N2OS. The highest BCUT2D eigenvalue weighted by Crippen LogP contribution is 2.29. The largest absolute Gasteiger partial charge is 0.381 e. The number of hydrogen-bond donors (Lipinski definition) is 1. The highest BCUT2D eigenvalue weighted by atomic mass is 32.1. The minimum atomic E-state index is 0.272. The zero-order valence-electron chi connectivity index (χ0n) is 13.0. The fraction of sp³-hybridized carbons (Fsp3) is 0.750. The van der Waals surface area contributed by atoms with Crippen LogP contribution in [0.2, 0.25) is 0 Å². The Kier molecular flexibility index (Phi) is 6.02. The van der Waals surface area contributed by atoms with Crippen LogP contribution in [0.5, 0.6) is 0 Å². The summed E-state index contributed by atoms with van der Waals surface area (Å²) in [6.07, 6.45) is 2.45. The Morgan fingerprint density at radius 2 is 2.35 bits per heavy atom. The molecule has 2 rings (SSSR count). The second kappa shape index (κ2) is 7.55. The molecule has 1 saturated heterocycles. The molecule has 0 spiro atoms. The second-order valence-corrected chi connectivity index (χ2v) is 7.48. The highest BCUT2D eigenvalue weighted by molar-refractivity contribution is 7.09. The predicted octanol–water partition coefficient (Wildman–Crippen LogP) is 2.97. The molecule has 0 bridgehead atoms. The van der Waals surface area contributed by atoms with Crippen molar-refractivity contribution < 1.29 is 4.74 Å². The first kappa shape index (κ1) is 16.0. The Bertz CT molecular complexity index is 372. The maximum Gasteiger partial charge on any atom is 0.0546 e. The Hall–Kier alpha value is -0.420. The van der Waals surface area contributed by atoms with Crippen molar-refractivity contribution in [2.24, 2.45) is 5.41 Å². The van der Waals surface area contributed by atoms with Gasteiger partial charge in [0.05, 0.1) is 6.61 Å². The van der Waals surface area contributed by atoms with Crippen LogP contribution in [0, 0.1) is 5.41 Å². The van der Waals surface area contributed by atoms with Gasteiger partial charge in [-0.25, -0.2) is 0 Å². The number of nitrogens with zero attached hydrogens (tertiary/aromatic N) is 1. The van der Waals surface area contributed by atoms with E-state index in [4.69, 9.17) is 4.74 Å². The molecule has 1 aliphatic heterocycles. The lowest BCUT2D eigenvalue weighted by Gasteiger charge is -2.40. The van der Waals surface area contributed by atoms with Crippen molar-refractivity contribution in [3.63, 3.8) is 0 Å². The van der Waals surface area contributed by atoms with Crippen LogP contribution in [0.1, 0.15) is 31.6 Å². The van der Waals surface area contributed by atoms with E-state index >= 15 is 0 Å². The monoisotopic (exact) mass is 296 g/mol. The van der Waals surface area contributed by atoms with Gasteiger partial charge in [-0.1, -0.05) is 19.9 Å². The van der Waals surface area contributed by atoms with Crippen molar-refractivity contribution in [1.82, 2.24) is 10.2 Å². The molecule has 1 atom stereocenters. The third kappa shape index (κ3) is 4.85. The molecule has 1 fully saturated rings. The van der Waals surface area contributed by atoms with Gasteiger partial charge in [-0.05, 0) is 31.3 Å². The first-order chi connectivity index (χ1) is 9.60. The van der Waals surface area contributed by atoms with Gasteiger partial charge >= 0.3 is 0 Å². The summed E-state index contributed by atoms with van der Waals surface area (Å²) < 4.78 is 5.79. The minimum Gasteiger partial charge on any atom is -0.381 e. The lowest BCUT2D eigenvalue weighted by atomic mass is 9.81. The molecule has 2 heterocycles. The van der Waals surface area contributed by atoms with E-state index in [9.17, 15) is 0 Å². The van der Waals surface area contributed by atoms with E-state index in [0.29, 0.717) is 6.04 Å². The van der Waals surface area contributed by atoms with Crippen molar-refractivity contribution in [3.8, 4) is 0 Å². The molecule has 0 amide bonds. The van der Waals surface area contributed by atoms with E-state index in [1.165, 1.54) is 17.7 Å². The standard InChI is InChI=1S/C16H28N2OS/c1-14(2)17-11-16(7-5-8-19-13-16)12-18(3)10-15-6-4-9-20-15/h4,6,9,14,17H,5,7-8,10-13H2,1-3H3. The molecule has 0 radical (unpaired) electrons. The maximum atomic E-state index is 5.79. The molecule has 0 saturated carbocycles. The van der Waals surface area contributed by atoms with Gasteiger partial charge in [0.15, 0.2) is 0 Å². The van der Waals surface area contributed by atoms with Crippen LogP contribution in [0.25, 0.3) is 0 Å². The van der Waals surface area contributed by atoms with Gasteiger partial charge in [0, 0.05) is 42.6 Å². The molecule has 1 aromatic heterocycles. The zero-order valence-corrected chi connectivity index (χ0v) is 13.8. The summed E-state index contributed by atoms with van der Waals surface area (Å²) in [5.41, 5.74) is 0.272. The number of rotatable bonds is 7. The van der Waals surface area contributed by atoms with E-state index in [1.807, 2.05) is 11.3 Å². The van der Waals surface area contributed by atoms with Crippen LogP contribution >= 0.6 is 11.3 Å². The lowest BCUT2D eigenvalue weighted by Crippen LogP contribution is -2.49. The third-order valence-corrected chi connectivity index (χ3v) is 4.76. The van der Waals surface area contributed by atoms with Crippen molar-refractivity contribution in [2.75, 3.05) is 33.4 Å². The topological polar surface area (TPSA) is 24.5 Å². The maximum absolute atomic E-state index is 5.79. The lowest BCUT2D eigenvalue weighted by molar-refractivity contribution is -0.0244. The summed E-state index contributed by atoms with van der Waals surface area (Å²) in [7, 11) is 2.23. The zero-order chi connectivity index (χ0) is 14.4. The molecule has 0 aromatic carbocycles. The molecule has 1 unspecified atom stereocenters. The second-order valence-electron chi connectivity index (χ2n) is 6.44. The van der Waals surface area contributed by atoms with Crippen LogP contribution in [-0.4, -0.2) is 44.3 Å². The normalized spacial score (nSPS) is 23.6. The van der Waals surface area contributed by atoms with Crippen molar-refractivity contribution in [3.05, 3.63) is 22.4 Å². The van der Waals surface area contributed by atoms with Crippen molar-refractivity contribution in [2.45, 2.75) is 39.3 Å². The average Bonchev–Trinajstić information content (AvgIpc) is 2.90. The van der Waals surface area contributed by atoms with Gasteiger partial charge in [-0.2, -0.15) is 0 Å². The quantitative estimate of drug-likeness (QED) is 0.837. The Morgan fingerprint density at radius 1 is 1.50 bits per heavy atom. The van der Waals surface area contributed by atoms with Gasteiger partial charge in [-0.15, -0.1) is 11.3 Å². The summed E-state index contributed by atoms with van der Waals surface area (Å²) in [6, 6.07) is 4.89. The Labute approximate surface area is 127 Å². The SMILES string of the molecule is CC(C)NCC1(CN(C)Cc2cccs2)CCCOC1. The summed E-state index contributed by atoms with van der Waals surface area (Å²) in [5.74, 6) is 0. The molecule has 1 aromatic rings. The van der Waals surface area contributed by atoms with E-state index in [0.717, 1.165) is 32.8 Å². The highest BCUT2D eigenvalue weighted by Gasteiger charge is 2.34. The van der Waals surface area contributed by atoms with Crippen LogP contribution in [0.15, 0.2) is 17.5 Å². The van der Waals surface area contributed by atoms with E-state index in [2.05, 4.69) is 48.6 Å². The summed E-state index contributed by atoms with van der Waals surface area (Å²) >= 11 is 1.84. The summed E-state index contributed by atoms with van der Waals surface area (Å²) in [5, 5.41) is 5.77.